The van der Waals surface area contributed by atoms with Crippen molar-refractivity contribution in [3.8, 4) is 0 Å². The van der Waals surface area contributed by atoms with E-state index in [4.69, 9.17) is 11.6 Å². The molecule has 1 atom stereocenters. The van der Waals surface area contributed by atoms with Crippen molar-refractivity contribution in [2.24, 2.45) is 5.41 Å². The zero-order chi connectivity index (χ0) is 16.5. The molecule has 1 heterocycles. The van der Waals surface area contributed by atoms with Crippen LogP contribution in [0, 0.1) is 11.2 Å². The van der Waals surface area contributed by atoms with Gasteiger partial charge in [-0.3, -0.25) is 0 Å². The normalized spacial score (nSPS) is 23.4. The Bertz CT molecular complexity index is 653. The van der Waals surface area contributed by atoms with Crippen LogP contribution >= 0.6 is 11.6 Å². The van der Waals surface area contributed by atoms with Crippen molar-refractivity contribution in [2.75, 3.05) is 33.7 Å². The topological polar surface area (TPSA) is 40.6 Å². The van der Waals surface area contributed by atoms with Gasteiger partial charge in [0.05, 0.1) is 5.75 Å². The minimum Gasteiger partial charge on any atom is -0.306 e. The highest BCUT2D eigenvalue weighted by Crippen LogP contribution is 2.30. The van der Waals surface area contributed by atoms with E-state index in [9.17, 15) is 12.8 Å². The van der Waals surface area contributed by atoms with E-state index in [1.54, 1.807) is 7.05 Å². The van der Waals surface area contributed by atoms with E-state index < -0.39 is 15.8 Å². The van der Waals surface area contributed by atoms with E-state index in [-0.39, 0.29) is 21.8 Å². The average molecular weight is 349 g/mol. The lowest BCUT2D eigenvalue weighted by atomic mass is 9.90. The van der Waals surface area contributed by atoms with Crippen molar-refractivity contribution >= 4 is 21.6 Å². The molecule has 1 aromatic carbocycles. The molecule has 0 aromatic heterocycles. The highest BCUT2D eigenvalue weighted by atomic mass is 35.5. The third-order valence-corrected chi connectivity index (χ3v) is 6.17. The van der Waals surface area contributed by atoms with Gasteiger partial charge in [0.2, 0.25) is 10.0 Å². The molecule has 22 heavy (non-hydrogen) atoms. The Labute approximate surface area is 136 Å². The van der Waals surface area contributed by atoms with Crippen LogP contribution in [0.3, 0.4) is 0 Å². The Morgan fingerprint density at radius 1 is 1.45 bits per heavy atom. The molecule has 0 amide bonds. The Hall–Kier alpha value is -0.690. The molecule has 0 spiro atoms. The van der Waals surface area contributed by atoms with Crippen molar-refractivity contribution in [1.82, 2.24) is 9.21 Å². The summed E-state index contributed by atoms with van der Waals surface area (Å²) in [7, 11) is 0.0328. The monoisotopic (exact) mass is 348 g/mol. The van der Waals surface area contributed by atoms with Gasteiger partial charge in [-0.25, -0.2) is 17.1 Å². The molecule has 4 nitrogen and oxygen atoms in total. The molecule has 0 radical (unpaired) electrons. The first-order chi connectivity index (χ1) is 10.1. The van der Waals surface area contributed by atoms with Gasteiger partial charge in [0, 0.05) is 30.7 Å². The number of hydrogen-bond donors (Lipinski definition) is 0. The first-order valence-electron chi connectivity index (χ1n) is 7.18. The van der Waals surface area contributed by atoms with Crippen molar-refractivity contribution in [3.05, 3.63) is 34.6 Å². The van der Waals surface area contributed by atoms with Crippen LogP contribution in [-0.2, 0) is 15.8 Å². The molecular weight excluding hydrogens is 327 g/mol. The van der Waals surface area contributed by atoms with Gasteiger partial charge in [0.1, 0.15) is 5.82 Å². The third kappa shape index (κ3) is 4.19. The number of hydrogen-bond acceptors (Lipinski definition) is 3. The molecule has 7 heteroatoms. The van der Waals surface area contributed by atoms with Gasteiger partial charge in [-0.05, 0) is 37.6 Å². The van der Waals surface area contributed by atoms with E-state index in [0.29, 0.717) is 6.54 Å². The summed E-state index contributed by atoms with van der Waals surface area (Å²) < 4.78 is 40.1. The van der Waals surface area contributed by atoms with Crippen LogP contribution in [-0.4, -0.2) is 51.4 Å². The number of likely N-dealkylation sites (tertiary alicyclic amines) is 1. The van der Waals surface area contributed by atoms with Gasteiger partial charge in [-0.2, -0.15) is 0 Å². The quantitative estimate of drug-likeness (QED) is 0.821. The van der Waals surface area contributed by atoms with E-state index in [2.05, 4.69) is 11.8 Å². The fourth-order valence-electron chi connectivity index (χ4n) is 2.98. The summed E-state index contributed by atoms with van der Waals surface area (Å²) >= 11 is 5.69. The summed E-state index contributed by atoms with van der Waals surface area (Å²) in [6.45, 7) is 4.36. The molecular formula is C15H22ClFN2O2S. The smallest absolute Gasteiger partial charge is 0.218 e. The molecule has 0 N–H and O–H groups in total. The van der Waals surface area contributed by atoms with Crippen molar-refractivity contribution in [1.29, 1.82) is 0 Å². The standard InChI is InChI=1S/C15H22ClFN2O2S/c1-15(6-7-18(2)10-15)11-19(3)22(20,21)9-12-4-5-13(16)8-14(12)17/h4-5,8H,6-7,9-11H2,1-3H3/t15-/m0/s1. The molecule has 2 rings (SSSR count). The van der Waals surface area contributed by atoms with Gasteiger partial charge in [-0.15, -0.1) is 0 Å². The number of benzene rings is 1. The van der Waals surface area contributed by atoms with Crippen LogP contribution < -0.4 is 0 Å². The van der Waals surface area contributed by atoms with Crippen molar-refractivity contribution in [2.45, 2.75) is 19.1 Å². The lowest BCUT2D eigenvalue weighted by molar-refractivity contribution is 0.255. The van der Waals surface area contributed by atoms with Gasteiger partial charge in [-0.1, -0.05) is 24.6 Å². The SMILES string of the molecule is CN1CC[C@](C)(CN(C)S(=O)(=O)Cc2ccc(Cl)cc2F)C1. The summed E-state index contributed by atoms with van der Waals surface area (Å²) in [6.07, 6.45) is 0.957. The number of sulfonamides is 1. The van der Waals surface area contributed by atoms with E-state index in [1.807, 2.05) is 7.05 Å². The van der Waals surface area contributed by atoms with Gasteiger partial charge in [0.15, 0.2) is 0 Å². The van der Waals surface area contributed by atoms with Gasteiger partial charge in [0.25, 0.3) is 0 Å². The molecule has 0 bridgehead atoms. The van der Waals surface area contributed by atoms with Crippen molar-refractivity contribution < 1.29 is 12.8 Å². The zero-order valence-corrected chi connectivity index (χ0v) is 14.7. The highest BCUT2D eigenvalue weighted by Gasteiger charge is 2.35. The minimum absolute atomic E-state index is 0.0604. The summed E-state index contributed by atoms with van der Waals surface area (Å²) in [5.41, 5.74) is 0.0831. The Balaban J connectivity index is 2.09. The second-order valence-electron chi connectivity index (χ2n) is 6.55. The summed E-state index contributed by atoms with van der Waals surface area (Å²) in [6, 6.07) is 4.07. The second-order valence-corrected chi connectivity index (χ2v) is 9.06. The minimum atomic E-state index is -3.56. The van der Waals surface area contributed by atoms with Gasteiger partial charge < -0.3 is 4.90 Å². The van der Waals surface area contributed by atoms with Crippen LogP contribution in [0.2, 0.25) is 5.02 Å². The fraction of sp³-hybridized carbons (Fsp3) is 0.600. The van der Waals surface area contributed by atoms with E-state index >= 15 is 0 Å². The lowest BCUT2D eigenvalue weighted by Gasteiger charge is -2.29. The zero-order valence-electron chi connectivity index (χ0n) is 13.1. The number of halogens is 2. The fourth-order valence-corrected chi connectivity index (χ4v) is 4.50. The number of nitrogens with zero attached hydrogens (tertiary/aromatic N) is 2. The highest BCUT2D eigenvalue weighted by molar-refractivity contribution is 7.88. The maximum absolute atomic E-state index is 13.8. The third-order valence-electron chi connectivity index (χ3n) is 4.18. The largest absolute Gasteiger partial charge is 0.306 e. The Morgan fingerprint density at radius 3 is 2.68 bits per heavy atom. The van der Waals surface area contributed by atoms with Crippen LogP contribution in [0.5, 0.6) is 0 Å². The predicted molar refractivity (Wildman–Crippen MR) is 86.9 cm³/mol. The Kier molecular flexibility index (Phi) is 5.16. The van der Waals surface area contributed by atoms with Crippen LogP contribution in [0.15, 0.2) is 18.2 Å². The van der Waals surface area contributed by atoms with E-state index in [1.165, 1.54) is 16.4 Å². The molecule has 0 saturated carbocycles. The molecule has 1 aliphatic heterocycles. The molecule has 1 aromatic rings. The van der Waals surface area contributed by atoms with Crippen LogP contribution in [0.1, 0.15) is 18.9 Å². The first kappa shape index (κ1) is 17.7. The summed E-state index contributed by atoms with van der Waals surface area (Å²) in [5, 5.41) is 0.258. The molecule has 0 aliphatic carbocycles. The first-order valence-corrected chi connectivity index (χ1v) is 9.17. The maximum atomic E-state index is 13.8. The molecule has 124 valence electrons. The molecule has 1 aliphatic rings. The number of rotatable bonds is 5. The lowest BCUT2D eigenvalue weighted by Crippen LogP contribution is -2.39. The molecule has 1 saturated heterocycles. The summed E-state index contributed by atoms with van der Waals surface area (Å²) in [5.74, 6) is -0.936. The Morgan fingerprint density at radius 2 is 2.14 bits per heavy atom. The average Bonchev–Trinajstić information content (AvgIpc) is 2.72. The predicted octanol–water partition coefficient (Wildman–Crippen LogP) is 2.58. The van der Waals surface area contributed by atoms with E-state index in [0.717, 1.165) is 25.6 Å². The maximum Gasteiger partial charge on any atom is 0.218 e. The molecule has 0 unspecified atom stereocenters. The second kappa shape index (κ2) is 6.43. The van der Waals surface area contributed by atoms with Crippen LogP contribution in [0.25, 0.3) is 0 Å². The van der Waals surface area contributed by atoms with Crippen molar-refractivity contribution in [3.63, 3.8) is 0 Å². The molecule has 1 fully saturated rings. The van der Waals surface area contributed by atoms with Gasteiger partial charge >= 0.3 is 0 Å². The van der Waals surface area contributed by atoms with Crippen LogP contribution in [0.4, 0.5) is 4.39 Å². The summed E-state index contributed by atoms with van der Waals surface area (Å²) in [4.78, 5) is 2.19.